The number of nitrogens with zero attached hydrogens (tertiary/aromatic N) is 1. The fourth-order valence-corrected chi connectivity index (χ4v) is 3.35. The SMILES string of the molecule is CC(CC1CCS(=O)(=O)C1)=NO. The number of rotatable bonds is 2. The third-order valence-corrected chi connectivity index (χ3v) is 3.92. The molecule has 1 heterocycles. The van der Waals surface area contributed by atoms with Crippen LogP contribution < -0.4 is 0 Å². The molecule has 1 rings (SSSR count). The van der Waals surface area contributed by atoms with Crippen molar-refractivity contribution in [1.82, 2.24) is 0 Å². The Morgan fingerprint density at radius 2 is 2.33 bits per heavy atom. The summed E-state index contributed by atoms with van der Waals surface area (Å²) in [4.78, 5) is 0. The van der Waals surface area contributed by atoms with E-state index in [1.54, 1.807) is 6.92 Å². The van der Waals surface area contributed by atoms with Crippen LogP contribution in [0.4, 0.5) is 0 Å². The molecule has 12 heavy (non-hydrogen) atoms. The highest BCUT2D eigenvalue weighted by Gasteiger charge is 2.27. The van der Waals surface area contributed by atoms with Crippen LogP contribution in [0, 0.1) is 5.92 Å². The number of hydrogen-bond donors (Lipinski definition) is 1. The van der Waals surface area contributed by atoms with Crippen LogP contribution in [-0.2, 0) is 9.84 Å². The van der Waals surface area contributed by atoms with E-state index in [0.29, 0.717) is 18.6 Å². The summed E-state index contributed by atoms with van der Waals surface area (Å²) in [6, 6.07) is 0. The van der Waals surface area contributed by atoms with Gasteiger partial charge in [0.05, 0.1) is 17.2 Å². The Hall–Kier alpha value is -0.580. The van der Waals surface area contributed by atoms with Gasteiger partial charge in [-0.05, 0) is 25.7 Å². The van der Waals surface area contributed by atoms with Crippen molar-refractivity contribution in [2.75, 3.05) is 11.5 Å². The highest BCUT2D eigenvalue weighted by Crippen LogP contribution is 2.21. The zero-order valence-corrected chi connectivity index (χ0v) is 7.84. The Morgan fingerprint density at radius 1 is 1.67 bits per heavy atom. The second kappa shape index (κ2) is 3.43. The molecule has 0 bridgehead atoms. The Labute approximate surface area is 72.2 Å². The van der Waals surface area contributed by atoms with Crippen LogP contribution in [0.25, 0.3) is 0 Å². The molecule has 1 saturated heterocycles. The topological polar surface area (TPSA) is 66.7 Å². The van der Waals surface area contributed by atoms with E-state index < -0.39 is 9.84 Å². The van der Waals surface area contributed by atoms with Crippen LogP contribution in [0.3, 0.4) is 0 Å². The summed E-state index contributed by atoms with van der Waals surface area (Å²) >= 11 is 0. The van der Waals surface area contributed by atoms with Crippen molar-refractivity contribution in [3.63, 3.8) is 0 Å². The van der Waals surface area contributed by atoms with Gasteiger partial charge in [0, 0.05) is 0 Å². The highest BCUT2D eigenvalue weighted by atomic mass is 32.2. The van der Waals surface area contributed by atoms with E-state index in [2.05, 4.69) is 5.16 Å². The summed E-state index contributed by atoms with van der Waals surface area (Å²) in [6.07, 6.45) is 1.30. The van der Waals surface area contributed by atoms with E-state index in [9.17, 15) is 8.42 Å². The normalized spacial score (nSPS) is 29.1. The zero-order valence-electron chi connectivity index (χ0n) is 7.02. The molecule has 1 N–H and O–H groups in total. The molecule has 70 valence electrons. The molecule has 1 unspecified atom stereocenters. The molecule has 1 fully saturated rings. The lowest BCUT2D eigenvalue weighted by atomic mass is 10.0. The molecule has 0 amide bonds. The van der Waals surface area contributed by atoms with Crippen molar-refractivity contribution < 1.29 is 13.6 Å². The lowest BCUT2D eigenvalue weighted by Gasteiger charge is -2.04. The minimum absolute atomic E-state index is 0.158. The first kappa shape index (κ1) is 9.51. The second-order valence-corrected chi connectivity index (χ2v) is 5.54. The summed E-state index contributed by atoms with van der Waals surface area (Å²) in [5.74, 6) is 0.696. The van der Waals surface area contributed by atoms with E-state index >= 15 is 0 Å². The number of oxime groups is 1. The van der Waals surface area contributed by atoms with E-state index in [1.807, 2.05) is 0 Å². The van der Waals surface area contributed by atoms with Crippen molar-refractivity contribution in [2.45, 2.75) is 19.8 Å². The van der Waals surface area contributed by atoms with Crippen molar-refractivity contribution >= 4 is 15.5 Å². The van der Waals surface area contributed by atoms with Gasteiger partial charge in [-0.15, -0.1) is 0 Å². The molecule has 0 aromatic carbocycles. The van der Waals surface area contributed by atoms with Crippen LogP contribution >= 0.6 is 0 Å². The molecule has 4 nitrogen and oxygen atoms in total. The smallest absolute Gasteiger partial charge is 0.150 e. The molecular weight excluding hydrogens is 178 g/mol. The fourth-order valence-electron chi connectivity index (χ4n) is 1.49. The van der Waals surface area contributed by atoms with E-state index in [4.69, 9.17) is 5.21 Å². The van der Waals surface area contributed by atoms with Crippen LogP contribution in [0.15, 0.2) is 5.16 Å². The van der Waals surface area contributed by atoms with Gasteiger partial charge < -0.3 is 5.21 Å². The maximum absolute atomic E-state index is 11.0. The van der Waals surface area contributed by atoms with Gasteiger partial charge in [0.2, 0.25) is 0 Å². The summed E-state index contributed by atoms with van der Waals surface area (Å²) in [5.41, 5.74) is 0.608. The lowest BCUT2D eigenvalue weighted by molar-refractivity contribution is 0.316. The summed E-state index contributed by atoms with van der Waals surface area (Å²) in [6.45, 7) is 1.70. The maximum atomic E-state index is 11.0. The summed E-state index contributed by atoms with van der Waals surface area (Å²) in [5, 5.41) is 11.4. The van der Waals surface area contributed by atoms with Gasteiger partial charge in [-0.1, -0.05) is 5.16 Å². The largest absolute Gasteiger partial charge is 0.411 e. The van der Waals surface area contributed by atoms with Crippen molar-refractivity contribution in [3.05, 3.63) is 0 Å². The highest BCUT2D eigenvalue weighted by molar-refractivity contribution is 7.91. The third kappa shape index (κ3) is 2.48. The molecule has 0 aliphatic carbocycles. The second-order valence-electron chi connectivity index (χ2n) is 3.31. The zero-order chi connectivity index (χ0) is 9.19. The van der Waals surface area contributed by atoms with Gasteiger partial charge >= 0.3 is 0 Å². The molecule has 5 heteroatoms. The van der Waals surface area contributed by atoms with Crippen LogP contribution in [0.5, 0.6) is 0 Å². The van der Waals surface area contributed by atoms with Gasteiger partial charge in [-0.25, -0.2) is 8.42 Å². The Bertz CT molecular complexity index is 281. The summed E-state index contributed by atoms with van der Waals surface area (Å²) in [7, 11) is -2.79. The van der Waals surface area contributed by atoms with Crippen LogP contribution in [-0.4, -0.2) is 30.8 Å². The lowest BCUT2D eigenvalue weighted by Crippen LogP contribution is -2.08. The third-order valence-electron chi connectivity index (χ3n) is 2.08. The van der Waals surface area contributed by atoms with E-state index in [-0.39, 0.29) is 17.4 Å². The van der Waals surface area contributed by atoms with E-state index in [0.717, 1.165) is 0 Å². The number of sulfone groups is 1. The fraction of sp³-hybridized carbons (Fsp3) is 0.857. The van der Waals surface area contributed by atoms with Crippen LogP contribution in [0.1, 0.15) is 19.8 Å². The van der Waals surface area contributed by atoms with E-state index in [1.165, 1.54) is 0 Å². The Balaban J connectivity index is 2.49. The molecule has 0 aromatic heterocycles. The van der Waals surface area contributed by atoms with Gasteiger partial charge in [-0.3, -0.25) is 0 Å². The first-order valence-electron chi connectivity index (χ1n) is 3.91. The monoisotopic (exact) mass is 191 g/mol. The minimum Gasteiger partial charge on any atom is -0.411 e. The summed E-state index contributed by atoms with van der Waals surface area (Å²) < 4.78 is 22.0. The molecule has 0 aromatic rings. The van der Waals surface area contributed by atoms with Crippen LogP contribution in [0.2, 0.25) is 0 Å². The average molecular weight is 191 g/mol. The van der Waals surface area contributed by atoms with Crippen molar-refractivity contribution in [2.24, 2.45) is 11.1 Å². The van der Waals surface area contributed by atoms with Gasteiger partial charge in [0.15, 0.2) is 9.84 Å². The molecule has 1 atom stereocenters. The quantitative estimate of drug-likeness (QED) is 0.396. The Morgan fingerprint density at radius 3 is 2.75 bits per heavy atom. The van der Waals surface area contributed by atoms with Gasteiger partial charge in [-0.2, -0.15) is 0 Å². The molecule has 0 saturated carbocycles. The van der Waals surface area contributed by atoms with Gasteiger partial charge in [0.25, 0.3) is 0 Å². The first-order chi connectivity index (χ1) is 5.53. The molecule has 1 aliphatic heterocycles. The molecule has 0 spiro atoms. The standard InChI is InChI=1S/C7H13NO3S/c1-6(8-9)4-7-2-3-12(10,11)5-7/h7,9H,2-5H2,1H3. The molecule has 0 radical (unpaired) electrons. The van der Waals surface area contributed by atoms with Crippen molar-refractivity contribution in [3.8, 4) is 0 Å². The minimum atomic E-state index is -2.79. The maximum Gasteiger partial charge on any atom is 0.150 e. The average Bonchev–Trinajstić information content (AvgIpc) is 2.30. The van der Waals surface area contributed by atoms with Crippen molar-refractivity contribution in [1.29, 1.82) is 0 Å². The predicted molar refractivity (Wildman–Crippen MR) is 46.3 cm³/mol. The Kier molecular flexibility index (Phi) is 2.72. The first-order valence-corrected chi connectivity index (χ1v) is 5.73. The number of hydrogen-bond acceptors (Lipinski definition) is 4. The molecular formula is C7H13NO3S. The molecule has 1 aliphatic rings. The predicted octanol–water partition coefficient (Wildman–Crippen LogP) is 0.661. The van der Waals surface area contributed by atoms with Gasteiger partial charge in [0.1, 0.15) is 0 Å².